The zero-order valence-electron chi connectivity index (χ0n) is 70.9. The maximum Gasteiger partial charge on any atom is 0.407 e. The summed E-state index contributed by atoms with van der Waals surface area (Å²) in [5.74, 6) is 1.75. The number of ether oxygens (including phenoxy) is 18. The number of methoxy groups -OCH3 is 1. The molecule has 2 unspecified atom stereocenters. The number of nitrogens with one attached hydrogen (secondary N) is 2. The standard InChI is InChI=1S/C83H149N3O32/c1-7-58(3)13-9-14-60(5)64-21-22-65-61(15-10-23-83(64,65)8-2)18-19-62-53-63(20-17-59(62)4)113-51-52-114-82(100)85-26-28-86(70(90)57-112-50-49-111-48-47-110-46-45-109-44-43-108-42-41-107-40-39-106-38-37-105-36-35-104-34-33-103-32-31-102-30-29-101-6)27-12-25-84-24-11-16-66(88)71(91)75(95)72(92)67(89)55-115-80-79(99)77(97)74(94)69(118-80)56-116-81-78(98)76(96)73(93)68(54-87)117-81/h18-19,58,60,63-65,67-69,71-81,84,87,89,91-99H,4,7-17,20-57H2,1-3,5-6H3,(H,85,100)/b61-18+,62-19+/t58?,60-,63+,64-,65?,67-,68-,69-,71+,72-,73-,74-,75-,76+,77+,78-,79-,80+,81+,83-/m1/s1. The van der Waals surface area contributed by atoms with Gasteiger partial charge in [-0.15, -0.1) is 0 Å². The van der Waals surface area contributed by atoms with E-state index in [1.807, 2.05) is 0 Å². The first-order chi connectivity index (χ1) is 57.1. The van der Waals surface area contributed by atoms with E-state index in [0.717, 1.165) is 49.0 Å². The number of carbonyl (C=O) groups is 3. The van der Waals surface area contributed by atoms with E-state index in [1.165, 1.54) is 63.4 Å². The normalized spacial score (nSPS) is 27.1. The van der Waals surface area contributed by atoms with Crippen LogP contribution in [-0.2, 0) is 94.9 Å². The van der Waals surface area contributed by atoms with Gasteiger partial charge in [0, 0.05) is 33.2 Å². The van der Waals surface area contributed by atoms with Crippen LogP contribution in [0.5, 0.6) is 0 Å². The molecule has 3 aliphatic carbocycles. The topological polar surface area (TPSA) is 467 Å². The lowest BCUT2D eigenvalue weighted by Crippen LogP contribution is -2.62. The van der Waals surface area contributed by atoms with Gasteiger partial charge in [-0.1, -0.05) is 83.3 Å². The van der Waals surface area contributed by atoms with E-state index in [2.05, 4.69) is 57.1 Å². The number of fused-ring (bicyclic) bond motifs is 1. The summed E-state index contributed by atoms with van der Waals surface area (Å²) in [6.07, 6.45) is -6.16. The molecule has 0 bridgehead atoms. The molecule has 35 heteroatoms. The van der Waals surface area contributed by atoms with Crippen LogP contribution in [-0.4, -0.2) is 396 Å². The number of rotatable bonds is 69. The van der Waals surface area contributed by atoms with Crippen molar-refractivity contribution in [3.63, 3.8) is 0 Å². The second-order valence-electron chi connectivity index (χ2n) is 31.0. The smallest absolute Gasteiger partial charge is 0.407 e. The van der Waals surface area contributed by atoms with Crippen LogP contribution in [0.3, 0.4) is 0 Å². The van der Waals surface area contributed by atoms with E-state index >= 15 is 0 Å². The maximum absolute atomic E-state index is 13.6. The van der Waals surface area contributed by atoms with Crippen molar-refractivity contribution in [1.82, 2.24) is 15.5 Å². The molecule has 688 valence electrons. The molecule has 5 rings (SSSR count). The van der Waals surface area contributed by atoms with Crippen molar-refractivity contribution in [2.24, 2.45) is 29.1 Å². The summed E-state index contributed by atoms with van der Waals surface area (Å²) in [5.41, 5.74) is 4.36. The Bertz CT molecular complexity index is 2700. The summed E-state index contributed by atoms with van der Waals surface area (Å²) in [4.78, 5) is 41.1. The highest BCUT2D eigenvalue weighted by Gasteiger charge is 2.53. The molecule has 0 aromatic carbocycles. The van der Waals surface area contributed by atoms with Gasteiger partial charge in [-0.05, 0) is 118 Å². The fourth-order valence-electron chi connectivity index (χ4n) is 15.5. The molecule has 2 amide bonds. The van der Waals surface area contributed by atoms with Crippen LogP contribution in [0.1, 0.15) is 130 Å². The number of carbonyl (C=O) groups excluding carboxylic acids is 3. The number of ketones is 1. The lowest BCUT2D eigenvalue weighted by atomic mass is 9.58. The molecule has 3 saturated carbocycles. The summed E-state index contributed by atoms with van der Waals surface area (Å²) >= 11 is 0. The first-order valence-electron chi connectivity index (χ1n) is 43.0. The Morgan fingerprint density at radius 2 is 1.11 bits per heavy atom. The Morgan fingerprint density at radius 1 is 0.576 bits per heavy atom. The molecule has 35 nitrogen and oxygen atoms in total. The molecule has 0 radical (unpaired) electrons. The van der Waals surface area contributed by atoms with Crippen molar-refractivity contribution in [1.29, 1.82) is 0 Å². The molecule has 5 fully saturated rings. The van der Waals surface area contributed by atoms with Gasteiger partial charge in [0.25, 0.3) is 0 Å². The first kappa shape index (κ1) is 105. The zero-order chi connectivity index (χ0) is 85.7. The Morgan fingerprint density at radius 3 is 1.66 bits per heavy atom. The molecule has 0 spiro atoms. The first-order valence-corrected chi connectivity index (χ1v) is 43.0. The lowest BCUT2D eigenvalue weighted by molar-refractivity contribution is -0.333. The predicted octanol–water partition coefficient (Wildman–Crippen LogP) is 1.22. The molecule has 13 N–H and O–H groups in total. The molecular formula is C83H149N3O32. The van der Waals surface area contributed by atoms with E-state index in [0.29, 0.717) is 150 Å². The van der Waals surface area contributed by atoms with Crippen LogP contribution in [0, 0.1) is 29.1 Å². The van der Waals surface area contributed by atoms with Gasteiger partial charge >= 0.3 is 6.09 Å². The number of Topliss-reactive ketones (excluding diaryl/α,β-unsaturated/α-hetero) is 1. The molecule has 0 aromatic heterocycles. The summed E-state index contributed by atoms with van der Waals surface area (Å²) < 4.78 is 99.1. The third kappa shape index (κ3) is 39.3. The monoisotopic (exact) mass is 1700 g/mol. The zero-order valence-corrected chi connectivity index (χ0v) is 70.9. The average Bonchev–Trinajstić information content (AvgIpc) is 1.59. The number of amides is 2. The molecule has 20 atom stereocenters. The summed E-state index contributed by atoms with van der Waals surface area (Å²) in [6.45, 7) is 22.0. The molecular weight excluding hydrogens is 1550 g/mol. The van der Waals surface area contributed by atoms with Gasteiger partial charge in [0.2, 0.25) is 5.91 Å². The van der Waals surface area contributed by atoms with Crippen molar-refractivity contribution < 1.29 is 156 Å². The van der Waals surface area contributed by atoms with Crippen LogP contribution in [0.25, 0.3) is 0 Å². The second kappa shape index (κ2) is 62.6. The Kier molecular flexibility index (Phi) is 55.7. The number of hydrogen-bond acceptors (Lipinski definition) is 33. The molecule has 2 saturated heterocycles. The van der Waals surface area contributed by atoms with E-state index in [4.69, 9.17) is 85.3 Å². The van der Waals surface area contributed by atoms with Gasteiger partial charge in [0.1, 0.15) is 86.5 Å². The Labute approximate surface area is 698 Å². The number of allylic oxidation sites excluding steroid dienone is 4. The van der Waals surface area contributed by atoms with Crippen molar-refractivity contribution >= 4 is 17.8 Å². The second-order valence-corrected chi connectivity index (χ2v) is 31.0. The minimum Gasteiger partial charge on any atom is -0.447 e. The average molecular weight is 1700 g/mol. The molecule has 0 aromatic rings. The van der Waals surface area contributed by atoms with Crippen molar-refractivity contribution in [3.8, 4) is 0 Å². The number of alkyl carbamates (subject to hydrolysis) is 1. The van der Waals surface area contributed by atoms with Gasteiger partial charge in [0.15, 0.2) is 18.4 Å². The van der Waals surface area contributed by atoms with Crippen molar-refractivity contribution in [2.45, 2.75) is 222 Å². The number of aliphatic hydroxyl groups excluding tert-OH is 11. The number of aliphatic hydroxyl groups is 11. The third-order valence-corrected chi connectivity index (χ3v) is 22.7. The van der Waals surface area contributed by atoms with Crippen LogP contribution in [0.15, 0.2) is 35.5 Å². The Balaban J connectivity index is 0.960. The van der Waals surface area contributed by atoms with Crippen LogP contribution < -0.4 is 10.6 Å². The van der Waals surface area contributed by atoms with Gasteiger partial charge in [-0.2, -0.15) is 0 Å². The molecule has 5 aliphatic rings. The van der Waals surface area contributed by atoms with E-state index in [9.17, 15) is 70.6 Å². The SMILES string of the molecule is C=C1CC[C@H](OCCOC(=O)NCCN(CCCNCCCC(=O)[C@H](O)[C@@H](O)[C@H](O)[C@H](O)CO[C@H]2O[C@H](CO[C@H]3O[C@H](CO)[C@@H](O)[C@H](O)[C@H]3O)[C@@H](O)[C@H](O)[C@H]2O)C(=O)COCCOCCOCCOCCOCCOCCOCCOCCOCCOCCOCCOC)C/C1=C\C=C1/CCC[C@@]2(CC)C1CC[C@@H]2[C@H](C)CCCC(C)CC. The van der Waals surface area contributed by atoms with Gasteiger partial charge in [-0.3, -0.25) is 9.59 Å². The van der Waals surface area contributed by atoms with E-state index < -0.39 is 118 Å². The lowest BCUT2D eigenvalue weighted by Gasteiger charge is -2.47. The highest BCUT2D eigenvalue weighted by molar-refractivity contribution is 5.83. The highest BCUT2D eigenvalue weighted by atomic mass is 16.7. The van der Waals surface area contributed by atoms with Gasteiger partial charge in [-0.25, -0.2) is 4.79 Å². The molecule has 2 heterocycles. The Hall–Kier alpha value is -3.53. The van der Waals surface area contributed by atoms with Gasteiger partial charge in [0.05, 0.1) is 178 Å². The fourth-order valence-corrected chi connectivity index (χ4v) is 15.5. The maximum atomic E-state index is 13.6. The number of hydrogen-bond donors (Lipinski definition) is 13. The minimum atomic E-state index is -2.21. The highest BCUT2D eigenvalue weighted by Crippen LogP contribution is 2.62. The predicted molar refractivity (Wildman–Crippen MR) is 429 cm³/mol. The summed E-state index contributed by atoms with van der Waals surface area (Å²) in [6, 6.07) is 0. The minimum absolute atomic E-state index is 0.0321. The van der Waals surface area contributed by atoms with Crippen LogP contribution >= 0.6 is 0 Å². The molecule has 118 heavy (non-hydrogen) atoms. The van der Waals surface area contributed by atoms with Crippen molar-refractivity contribution in [3.05, 3.63) is 35.5 Å². The number of nitrogens with zero attached hydrogens (tertiary/aromatic N) is 1. The van der Waals surface area contributed by atoms with Crippen molar-refractivity contribution in [2.75, 3.05) is 225 Å². The fraction of sp³-hybridized carbons (Fsp3) is 0.892. The van der Waals surface area contributed by atoms with Gasteiger partial charge < -0.3 is 157 Å². The van der Waals surface area contributed by atoms with Crippen LogP contribution in [0.4, 0.5) is 4.79 Å². The van der Waals surface area contributed by atoms with E-state index in [-0.39, 0.29) is 90.7 Å². The summed E-state index contributed by atoms with van der Waals surface area (Å²) in [7, 11) is 1.63. The summed E-state index contributed by atoms with van der Waals surface area (Å²) in [5, 5.41) is 120. The molecule has 2 aliphatic heterocycles. The van der Waals surface area contributed by atoms with E-state index in [1.54, 1.807) is 17.6 Å². The van der Waals surface area contributed by atoms with Crippen LogP contribution in [0.2, 0.25) is 0 Å². The third-order valence-electron chi connectivity index (χ3n) is 22.7. The largest absolute Gasteiger partial charge is 0.447 e. The quantitative estimate of drug-likeness (QED) is 0.0381.